The third-order valence-electron chi connectivity index (χ3n) is 3.66. The summed E-state index contributed by atoms with van der Waals surface area (Å²) in [6.45, 7) is 5.18. The lowest BCUT2D eigenvalue weighted by Crippen LogP contribution is -2.36. The molecule has 0 aromatic heterocycles. The Labute approximate surface area is 141 Å². The summed E-state index contributed by atoms with van der Waals surface area (Å²) in [5, 5.41) is 11.7. The number of nitrogens with one attached hydrogen (secondary N) is 1. The number of rotatable bonds is 4. The molecule has 2 amide bonds. The lowest BCUT2D eigenvalue weighted by molar-refractivity contribution is -0.120. The Morgan fingerprint density at radius 2 is 1.79 bits per heavy atom. The van der Waals surface area contributed by atoms with Gasteiger partial charge in [0.25, 0.3) is 0 Å². The number of carbonyl (C=O) groups excluding carboxylic acids is 2. The molecular weight excluding hydrogens is 302 g/mol. The van der Waals surface area contributed by atoms with Gasteiger partial charge in [0.1, 0.15) is 6.54 Å². The molecule has 0 aliphatic carbocycles. The van der Waals surface area contributed by atoms with Gasteiger partial charge in [0.15, 0.2) is 0 Å². The highest BCUT2D eigenvalue weighted by atomic mass is 16.2. The van der Waals surface area contributed by atoms with Crippen LogP contribution >= 0.6 is 0 Å². The molecule has 0 aliphatic heterocycles. The van der Waals surface area contributed by atoms with Crippen molar-refractivity contribution in [1.29, 1.82) is 5.26 Å². The van der Waals surface area contributed by atoms with E-state index in [4.69, 9.17) is 5.26 Å². The van der Waals surface area contributed by atoms with Crippen LogP contribution in [-0.2, 0) is 9.59 Å². The third kappa shape index (κ3) is 4.20. The molecular formula is C19H19N3O2. The van der Waals surface area contributed by atoms with Crippen molar-refractivity contribution in [2.24, 2.45) is 0 Å². The topological polar surface area (TPSA) is 73.2 Å². The highest BCUT2D eigenvalue weighted by Crippen LogP contribution is 2.18. The fourth-order valence-corrected chi connectivity index (χ4v) is 2.30. The first-order valence-corrected chi connectivity index (χ1v) is 7.56. The van der Waals surface area contributed by atoms with Gasteiger partial charge < -0.3 is 10.2 Å². The Kier molecular flexibility index (Phi) is 5.33. The first-order valence-electron chi connectivity index (χ1n) is 7.56. The second kappa shape index (κ2) is 7.42. The van der Waals surface area contributed by atoms with Gasteiger partial charge in [-0.3, -0.25) is 9.59 Å². The normalized spacial score (nSPS) is 9.92. The third-order valence-corrected chi connectivity index (χ3v) is 3.66. The quantitative estimate of drug-likeness (QED) is 0.940. The number of hydrogen-bond donors (Lipinski definition) is 1. The molecule has 0 bridgehead atoms. The monoisotopic (exact) mass is 321 g/mol. The minimum atomic E-state index is -0.275. The lowest BCUT2D eigenvalue weighted by atomic mass is 10.1. The van der Waals surface area contributed by atoms with Crippen LogP contribution in [0.4, 0.5) is 11.4 Å². The van der Waals surface area contributed by atoms with Gasteiger partial charge in [-0.05, 0) is 55.3 Å². The molecule has 0 aliphatic rings. The molecule has 122 valence electrons. The van der Waals surface area contributed by atoms with Crippen LogP contribution in [0.2, 0.25) is 0 Å². The zero-order valence-corrected chi connectivity index (χ0v) is 14.0. The van der Waals surface area contributed by atoms with Crippen LogP contribution in [0.1, 0.15) is 23.6 Å². The summed E-state index contributed by atoms with van der Waals surface area (Å²) in [5.41, 5.74) is 3.83. The predicted octanol–water partition coefficient (Wildman–Crippen LogP) is 3.17. The average Bonchev–Trinajstić information content (AvgIpc) is 2.56. The van der Waals surface area contributed by atoms with E-state index < -0.39 is 0 Å². The van der Waals surface area contributed by atoms with Gasteiger partial charge in [0.2, 0.25) is 11.8 Å². The zero-order chi connectivity index (χ0) is 17.7. The van der Waals surface area contributed by atoms with Crippen molar-refractivity contribution in [1.82, 2.24) is 0 Å². The van der Waals surface area contributed by atoms with E-state index >= 15 is 0 Å². The van der Waals surface area contributed by atoms with E-state index in [9.17, 15) is 9.59 Å². The van der Waals surface area contributed by atoms with Gasteiger partial charge in [-0.15, -0.1) is 0 Å². The summed E-state index contributed by atoms with van der Waals surface area (Å²) in [5.74, 6) is -0.515. The summed E-state index contributed by atoms with van der Waals surface area (Å²) < 4.78 is 0. The van der Waals surface area contributed by atoms with Crippen LogP contribution in [0.3, 0.4) is 0 Å². The Morgan fingerprint density at radius 1 is 1.12 bits per heavy atom. The average molecular weight is 321 g/mol. The first-order chi connectivity index (χ1) is 11.4. The van der Waals surface area contributed by atoms with Crippen LogP contribution in [0.15, 0.2) is 42.5 Å². The molecule has 0 heterocycles. The second-order valence-electron chi connectivity index (χ2n) is 5.63. The van der Waals surface area contributed by atoms with Crippen molar-refractivity contribution in [2.45, 2.75) is 20.8 Å². The molecule has 0 saturated carbocycles. The van der Waals surface area contributed by atoms with Crippen molar-refractivity contribution in [3.05, 3.63) is 59.2 Å². The minimum absolute atomic E-state index is 0.0887. The van der Waals surface area contributed by atoms with Gasteiger partial charge >= 0.3 is 0 Å². The summed E-state index contributed by atoms with van der Waals surface area (Å²) in [4.78, 5) is 25.6. The fourth-order valence-electron chi connectivity index (χ4n) is 2.30. The van der Waals surface area contributed by atoms with E-state index in [2.05, 4.69) is 5.32 Å². The highest BCUT2D eigenvalue weighted by molar-refractivity contribution is 6.02. The molecule has 2 aromatic carbocycles. The standard InChI is InChI=1S/C19H19N3O2/c1-13-4-5-14(2)18(10-13)21-19(24)12-22(15(3)23)17-8-6-16(11-20)7-9-17/h4-10H,12H2,1-3H3,(H,21,24). The molecule has 0 saturated heterocycles. The minimum Gasteiger partial charge on any atom is -0.324 e. The fraction of sp³-hybridized carbons (Fsp3) is 0.211. The molecule has 0 fully saturated rings. The van der Waals surface area contributed by atoms with E-state index in [0.717, 1.165) is 16.8 Å². The van der Waals surface area contributed by atoms with E-state index in [1.807, 2.05) is 38.1 Å². The van der Waals surface area contributed by atoms with Crippen molar-refractivity contribution in [3.8, 4) is 6.07 Å². The number of aryl methyl sites for hydroxylation is 2. The van der Waals surface area contributed by atoms with Crippen molar-refractivity contribution in [2.75, 3.05) is 16.8 Å². The SMILES string of the molecule is CC(=O)N(CC(=O)Nc1cc(C)ccc1C)c1ccc(C#N)cc1. The summed E-state index contributed by atoms with van der Waals surface area (Å²) in [7, 11) is 0. The smallest absolute Gasteiger partial charge is 0.244 e. The van der Waals surface area contributed by atoms with E-state index in [1.165, 1.54) is 11.8 Å². The van der Waals surface area contributed by atoms with Gasteiger partial charge in [-0.25, -0.2) is 0 Å². The molecule has 0 unspecified atom stereocenters. The summed E-state index contributed by atoms with van der Waals surface area (Å²) in [6, 6.07) is 14.4. The first kappa shape index (κ1) is 17.2. The second-order valence-corrected chi connectivity index (χ2v) is 5.63. The summed E-state index contributed by atoms with van der Waals surface area (Å²) >= 11 is 0. The Hall–Kier alpha value is -3.13. The zero-order valence-electron chi connectivity index (χ0n) is 14.0. The van der Waals surface area contributed by atoms with Crippen molar-refractivity contribution >= 4 is 23.2 Å². The molecule has 5 nitrogen and oxygen atoms in total. The number of carbonyl (C=O) groups is 2. The molecule has 24 heavy (non-hydrogen) atoms. The number of nitriles is 1. The van der Waals surface area contributed by atoms with Crippen LogP contribution in [0.5, 0.6) is 0 Å². The van der Waals surface area contributed by atoms with Crippen LogP contribution in [0, 0.1) is 25.2 Å². The Morgan fingerprint density at radius 3 is 2.38 bits per heavy atom. The molecule has 5 heteroatoms. The predicted molar refractivity (Wildman–Crippen MR) is 93.7 cm³/mol. The van der Waals surface area contributed by atoms with Gasteiger partial charge in [-0.1, -0.05) is 12.1 Å². The maximum absolute atomic E-state index is 12.3. The number of nitrogens with zero attached hydrogens (tertiary/aromatic N) is 2. The Balaban J connectivity index is 2.15. The molecule has 0 spiro atoms. The number of amides is 2. The van der Waals surface area contributed by atoms with E-state index in [0.29, 0.717) is 11.3 Å². The largest absolute Gasteiger partial charge is 0.324 e. The molecule has 2 rings (SSSR count). The number of benzene rings is 2. The van der Waals surface area contributed by atoms with Gasteiger partial charge in [0, 0.05) is 18.3 Å². The van der Waals surface area contributed by atoms with Crippen LogP contribution < -0.4 is 10.2 Å². The van der Waals surface area contributed by atoms with Gasteiger partial charge in [0.05, 0.1) is 11.6 Å². The van der Waals surface area contributed by atoms with Crippen molar-refractivity contribution in [3.63, 3.8) is 0 Å². The maximum Gasteiger partial charge on any atom is 0.244 e. The number of anilines is 2. The highest BCUT2D eigenvalue weighted by Gasteiger charge is 2.16. The van der Waals surface area contributed by atoms with Crippen LogP contribution in [-0.4, -0.2) is 18.4 Å². The molecule has 1 N–H and O–H groups in total. The molecule has 0 radical (unpaired) electrons. The van der Waals surface area contributed by atoms with E-state index in [-0.39, 0.29) is 18.4 Å². The van der Waals surface area contributed by atoms with Gasteiger partial charge in [-0.2, -0.15) is 5.26 Å². The number of hydrogen-bond acceptors (Lipinski definition) is 3. The lowest BCUT2D eigenvalue weighted by Gasteiger charge is -2.21. The maximum atomic E-state index is 12.3. The summed E-state index contributed by atoms with van der Waals surface area (Å²) in [6.07, 6.45) is 0. The van der Waals surface area contributed by atoms with Crippen LogP contribution in [0.25, 0.3) is 0 Å². The Bertz CT molecular complexity index is 804. The molecule has 0 atom stereocenters. The van der Waals surface area contributed by atoms with Crippen molar-refractivity contribution < 1.29 is 9.59 Å². The van der Waals surface area contributed by atoms with E-state index in [1.54, 1.807) is 24.3 Å². The molecule has 2 aromatic rings.